The first-order valence-electron chi connectivity index (χ1n) is 7.04. The molecule has 18 heavy (non-hydrogen) atoms. The molecule has 0 amide bonds. The summed E-state index contributed by atoms with van der Waals surface area (Å²) in [6, 6.07) is 15.3. The third-order valence-corrected chi connectivity index (χ3v) is 3.35. The lowest BCUT2D eigenvalue weighted by Crippen LogP contribution is -2.37. The van der Waals surface area contributed by atoms with E-state index in [0.717, 1.165) is 7.41 Å². The Bertz CT molecular complexity index is 484. The average Bonchev–Trinajstić information content (AvgIpc) is 2.40. The van der Waals surface area contributed by atoms with E-state index in [4.69, 9.17) is 0 Å². The van der Waals surface area contributed by atoms with Crippen molar-refractivity contribution in [2.75, 3.05) is 13.1 Å². The van der Waals surface area contributed by atoms with Crippen LogP contribution in [0.5, 0.6) is 0 Å². The van der Waals surface area contributed by atoms with Crippen LogP contribution in [0, 0.1) is 0 Å². The minimum Gasteiger partial charge on any atom is -0.341 e. The van der Waals surface area contributed by atoms with Gasteiger partial charge < -0.3 is 4.81 Å². The van der Waals surface area contributed by atoms with Gasteiger partial charge in [0.2, 0.25) is 7.41 Å². The van der Waals surface area contributed by atoms with E-state index in [1.807, 2.05) is 0 Å². The molecule has 0 radical (unpaired) electrons. The zero-order valence-corrected chi connectivity index (χ0v) is 11.5. The third-order valence-electron chi connectivity index (χ3n) is 3.35. The summed E-state index contributed by atoms with van der Waals surface area (Å²) in [7, 11) is 1.07. The van der Waals surface area contributed by atoms with Crippen LogP contribution in [-0.4, -0.2) is 25.3 Å². The highest BCUT2D eigenvalue weighted by atomic mass is 15.0. The van der Waals surface area contributed by atoms with Gasteiger partial charge >= 0.3 is 0 Å². The Morgan fingerprint density at radius 1 is 0.889 bits per heavy atom. The van der Waals surface area contributed by atoms with Crippen molar-refractivity contribution >= 4 is 23.6 Å². The van der Waals surface area contributed by atoms with E-state index >= 15 is 0 Å². The second-order valence-electron chi connectivity index (χ2n) is 4.91. The van der Waals surface area contributed by atoms with Crippen molar-refractivity contribution in [3.8, 4) is 0 Å². The normalized spacial score (nSPS) is 11.1. The molecule has 94 valence electrons. The van der Waals surface area contributed by atoms with Crippen LogP contribution in [0.2, 0.25) is 0 Å². The summed E-state index contributed by atoms with van der Waals surface area (Å²) in [4.78, 5) is 2.56. The van der Waals surface area contributed by atoms with Gasteiger partial charge in [-0.05, 0) is 36.7 Å². The lowest BCUT2D eigenvalue weighted by atomic mass is 9.77. The summed E-state index contributed by atoms with van der Waals surface area (Å²) in [5.41, 5.74) is 1.45. The molecule has 0 fully saturated rings. The van der Waals surface area contributed by atoms with Gasteiger partial charge in [-0.2, -0.15) is 0 Å². The summed E-state index contributed by atoms with van der Waals surface area (Å²) in [5, 5.41) is 2.75. The highest BCUT2D eigenvalue weighted by molar-refractivity contribution is 6.54. The topological polar surface area (TPSA) is 3.24 Å². The summed E-state index contributed by atoms with van der Waals surface area (Å²) in [6.07, 6.45) is 2.45. The molecule has 0 bridgehead atoms. The molecule has 0 spiro atoms. The number of hydrogen-bond acceptors (Lipinski definition) is 1. The Morgan fingerprint density at radius 2 is 1.56 bits per heavy atom. The Morgan fingerprint density at radius 3 is 2.28 bits per heavy atom. The number of hydrogen-bond donors (Lipinski definition) is 0. The molecule has 0 saturated carbocycles. The molecule has 0 aliphatic rings. The van der Waals surface area contributed by atoms with Gasteiger partial charge in [-0.3, -0.25) is 0 Å². The van der Waals surface area contributed by atoms with Gasteiger partial charge in [0.15, 0.2) is 0 Å². The van der Waals surface area contributed by atoms with Crippen LogP contribution in [0.15, 0.2) is 42.5 Å². The molecule has 0 N–H and O–H groups in total. The smallest absolute Gasteiger partial charge is 0.239 e. The molecule has 0 aromatic heterocycles. The molecule has 0 unspecified atom stereocenters. The van der Waals surface area contributed by atoms with Gasteiger partial charge in [-0.1, -0.05) is 61.8 Å². The van der Waals surface area contributed by atoms with E-state index in [2.05, 4.69) is 61.1 Å². The summed E-state index contributed by atoms with van der Waals surface area (Å²) < 4.78 is 0. The first-order chi connectivity index (χ1) is 8.85. The molecule has 2 heteroatoms. The molecule has 2 aromatic carbocycles. The minimum atomic E-state index is 1.07. The Balaban J connectivity index is 2.24. The van der Waals surface area contributed by atoms with E-state index in [1.165, 1.54) is 42.2 Å². The van der Waals surface area contributed by atoms with Crippen molar-refractivity contribution in [2.45, 2.75) is 26.7 Å². The molecule has 0 aliphatic heterocycles. The molecule has 1 nitrogen and oxygen atoms in total. The van der Waals surface area contributed by atoms with E-state index in [0.29, 0.717) is 0 Å². The van der Waals surface area contributed by atoms with E-state index in [-0.39, 0.29) is 0 Å². The Kier molecular flexibility index (Phi) is 4.83. The van der Waals surface area contributed by atoms with Crippen LogP contribution in [-0.2, 0) is 0 Å². The molecule has 0 atom stereocenters. The molecule has 0 aliphatic carbocycles. The molecule has 2 aromatic rings. The highest BCUT2D eigenvalue weighted by Crippen LogP contribution is 2.10. The molecule has 2 rings (SSSR count). The largest absolute Gasteiger partial charge is 0.341 e. The van der Waals surface area contributed by atoms with Crippen LogP contribution < -0.4 is 5.46 Å². The average molecular weight is 239 g/mol. The van der Waals surface area contributed by atoms with Crippen LogP contribution in [0.4, 0.5) is 0 Å². The van der Waals surface area contributed by atoms with Crippen molar-refractivity contribution in [3.63, 3.8) is 0 Å². The fourth-order valence-electron chi connectivity index (χ4n) is 2.57. The van der Waals surface area contributed by atoms with Gasteiger partial charge in [0, 0.05) is 0 Å². The zero-order chi connectivity index (χ0) is 12.8. The van der Waals surface area contributed by atoms with E-state index in [9.17, 15) is 0 Å². The highest BCUT2D eigenvalue weighted by Gasteiger charge is 2.08. The van der Waals surface area contributed by atoms with Crippen molar-refractivity contribution in [1.29, 1.82) is 0 Å². The quantitative estimate of drug-likeness (QED) is 0.700. The van der Waals surface area contributed by atoms with Crippen LogP contribution in [0.3, 0.4) is 0 Å². The van der Waals surface area contributed by atoms with E-state index in [1.54, 1.807) is 0 Å². The first kappa shape index (κ1) is 13.2. The van der Waals surface area contributed by atoms with Crippen LogP contribution in [0.1, 0.15) is 26.7 Å². The van der Waals surface area contributed by atoms with Gasteiger partial charge in [-0.25, -0.2) is 0 Å². The second kappa shape index (κ2) is 6.60. The molecule has 0 saturated heterocycles. The Hall–Kier alpha value is -1.28. The maximum atomic E-state index is 2.56. The van der Waals surface area contributed by atoms with Gasteiger partial charge in [-0.15, -0.1) is 0 Å². The van der Waals surface area contributed by atoms with Crippen molar-refractivity contribution in [2.24, 2.45) is 0 Å². The van der Waals surface area contributed by atoms with Gasteiger partial charge in [0.05, 0.1) is 0 Å². The predicted octanol–water partition coefficient (Wildman–Crippen LogP) is 2.94. The van der Waals surface area contributed by atoms with E-state index < -0.39 is 0 Å². The van der Waals surface area contributed by atoms with Crippen molar-refractivity contribution in [3.05, 3.63) is 42.5 Å². The van der Waals surface area contributed by atoms with Crippen LogP contribution in [0.25, 0.3) is 10.8 Å². The SMILES string of the molecule is CCCN(Bc1cccc2ccccc12)CCC. The summed E-state index contributed by atoms with van der Waals surface area (Å²) in [5.74, 6) is 0. The summed E-state index contributed by atoms with van der Waals surface area (Å²) >= 11 is 0. The van der Waals surface area contributed by atoms with Gasteiger partial charge in [0.25, 0.3) is 0 Å². The number of fused-ring (bicyclic) bond motifs is 1. The standard InChI is InChI=1S/C16H22BN/c1-3-12-18(13-4-2)17-16-11-7-9-14-8-5-6-10-15(14)16/h5-11,17H,3-4,12-13H2,1-2H3. The molecule has 0 heterocycles. The number of rotatable bonds is 6. The molecular weight excluding hydrogens is 217 g/mol. The lowest BCUT2D eigenvalue weighted by molar-refractivity contribution is 0.445. The number of nitrogens with zero attached hydrogens (tertiary/aromatic N) is 1. The van der Waals surface area contributed by atoms with Gasteiger partial charge in [0.1, 0.15) is 0 Å². The first-order valence-corrected chi connectivity index (χ1v) is 7.04. The Labute approximate surface area is 111 Å². The summed E-state index contributed by atoms with van der Waals surface area (Å²) in [6.45, 7) is 6.89. The fraction of sp³-hybridized carbons (Fsp3) is 0.375. The zero-order valence-electron chi connectivity index (χ0n) is 11.5. The predicted molar refractivity (Wildman–Crippen MR) is 82.9 cm³/mol. The monoisotopic (exact) mass is 239 g/mol. The van der Waals surface area contributed by atoms with Crippen molar-refractivity contribution in [1.82, 2.24) is 4.81 Å². The maximum Gasteiger partial charge on any atom is 0.239 e. The second-order valence-corrected chi connectivity index (χ2v) is 4.91. The fourth-order valence-corrected chi connectivity index (χ4v) is 2.57. The third kappa shape index (κ3) is 3.14. The number of benzene rings is 2. The minimum absolute atomic E-state index is 1.07. The maximum absolute atomic E-state index is 2.56. The molecular formula is C16H22BN. The lowest BCUT2D eigenvalue weighted by Gasteiger charge is -2.20. The van der Waals surface area contributed by atoms with Crippen LogP contribution >= 0.6 is 0 Å². The van der Waals surface area contributed by atoms with Crippen molar-refractivity contribution < 1.29 is 0 Å².